The first-order valence-electron chi connectivity index (χ1n) is 6.45. The molecule has 5 heteroatoms. The summed E-state index contributed by atoms with van der Waals surface area (Å²) < 4.78 is 22.9. The van der Waals surface area contributed by atoms with E-state index in [1.54, 1.807) is 0 Å². The van der Waals surface area contributed by atoms with Crippen LogP contribution in [0.1, 0.15) is 18.4 Å². The molecule has 4 nitrogen and oxygen atoms in total. The van der Waals surface area contributed by atoms with Crippen molar-refractivity contribution in [3.8, 4) is 11.8 Å². The van der Waals surface area contributed by atoms with Crippen LogP contribution in [-0.4, -0.2) is 31.0 Å². The van der Waals surface area contributed by atoms with Crippen LogP contribution in [0.3, 0.4) is 0 Å². The zero-order valence-corrected chi connectivity index (χ0v) is 11.8. The fraction of sp³-hybridized carbons (Fsp3) is 0.400. The normalized spacial score (nSPS) is 21.7. The van der Waals surface area contributed by atoms with Gasteiger partial charge in [0.25, 0.3) is 0 Å². The molecular formula is C15H16O4S. The lowest BCUT2D eigenvalue weighted by atomic mass is 9.89. The highest BCUT2D eigenvalue weighted by atomic mass is 32.2. The Morgan fingerprint density at radius 1 is 1.35 bits per heavy atom. The maximum atomic E-state index is 11.4. The van der Waals surface area contributed by atoms with Gasteiger partial charge in [-0.25, -0.2) is 8.42 Å². The molecule has 1 saturated heterocycles. The first-order chi connectivity index (χ1) is 9.48. The molecule has 0 saturated carbocycles. The van der Waals surface area contributed by atoms with Gasteiger partial charge in [0.05, 0.1) is 17.4 Å². The van der Waals surface area contributed by atoms with Crippen LogP contribution in [0.15, 0.2) is 30.3 Å². The van der Waals surface area contributed by atoms with Crippen molar-refractivity contribution < 1.29 is 18.3 Å². The zero-order valence-electron chi connectivity index (χ0n) is 11.0. The summed E-state index contributed by atoms with van der Waals surface area (Å²) in [6, 6.07) is 9.31. The van der Waals surface area contributed by atoms with E-state index in [1.807, 2.05) is 30.3 Å². The average Bonchev–Trinajstić information content (AvgIpc) is 2.75. The quantitative estimate of drug-likeness (QED) is 0.858. The predicted octanol–water partition coefficient (Wildman–Crippen LogP) is 1.56. The molecule has 1 aliphatic rings. The molecule has 1 fully saturated rings. The Hall–Kier alpha value is -1.80. The molecule has 0 spiro atoms. The molecule has 20 heavy (non-hydrogen) atoms. The summed E-state index contributed by atoms with van der Waals surface area (Å²) in [6.07, 6.45) is 0.608. The van der Waals surface area contributed by atoms with Crippen LogP contribution in [0, 0.1) is 23.7 Å². The third kappa shape index (κ3) is 3.84. The summed E-state index contributed by atoms with van der Waals surface area (Å²) >= 11 is 0. The second kappa shape index (κ2) is 6.10. The summed E-state index contributed by atoms with van der Waals surface area (Å²) in [5.41, 5.74) is 0.829. The third-order valence-electron chi connectivity index (χ3n) is 3.48. The predicted molar refractivity (Wildman–Crippen MR) is 75.8 cm³/mol. The Kier molecular flexibility index (Phi) is 4.46. The van der Waals surface area contributed by atoms with Crippen LogP contribution >= 0.6 is 0 Å². The maximum Gasteiger partial charge on any atom is 0.307 e. The summed E-state index contributed by atoms with van der Waals surface area (Å²) in [6.45, 7) is 0. The number of hydrogen-bond donors (Lipinski definition) is 1. The van der Waals surface area contributed by atoms with Crippen molar-refractivity contribution in [3.63, 3.8) is 0 Å². The second-order valence-corrected chi connectivity index (χ2v) is 7.21. The van der Waals surface area contributed by atoms with E-state index in [-0.39, 0.29) is 23.8 Å². The van der Waals surface area contributed by atoms with Crippen molar-refractivity contribution in [1.29, 1.82) is 0 Å². The molecule has 1 aromatic rings. The molecule has 1 heterocycles. The van der Waals surface area contributed by atoms with E-state index in [2.05, 4.69) is 11.8 Å². The lowest BCUT2D eigenvalue weighted by Crippen LogP contribution is -2.24. The van der Waals surface area contributed by atoms with Crippen molar-refractivity contribution in [1.82, 2.24) is 0 Å². The summed E-state index contributed by atoms with van der Waals surface area (Å²) in [7, 11) is -3.06. The number of carboxylic acid groups (broad SMARTS) is 1. The number of rotatable bonds is 3. The SMILES string of the molecule is O=C(O)C(CC#Cc1ccccc1)C1CCS(=O)(=O)C1. The molecule has 0 amide bonds. The number of carbonyl (C=O) groups is 1. The Balaban J connectivity index is 2.05. The fourth-order valence-electron chi connectivity index (χ4n) is 2.38. The first kappa shape index (κ1) is 14.6. The van der Waals surface area contributed by atoms with Gasteiger partial charge < -0.3 is 5.11 Å². The summed E-state index contributed by atoms with van der Waals surface area (Å²) in [5, 5.41) is 9.24. The van der Waals surface area contributed by atoms with Crippen molar-refractivity contribution in [2.45, 2.75) is 12.8 Å². The van der Waals surface area contributed by atoms with E-state index in [0.717, 1.165) is 5.56 Å². The number of aliphatic carboxylic acids is 1. The molecule has 0 bridgehead atoms. The van der Waals surface area contributed by atoms with Gasteiger partial charge in [-0.2, -0.15) is 0 Å². The van der Waals surface area contributed by atoms with Gasteiger partial charge in [0.2, 0.25) is 0 Å². The molecule has 0 aromatic heterocycles. The Bertz CT molecular complexity index is 637. The molecule has 2 unspecified atom stereocenters. The van der Waals surface area contributed by atoms with Gasteiger partial charge in [-0.3, -0.25) is 4.79 Å². The Morgan fingerprint density at radius 3 is 2.60 bits per heavy atom. The van der Waals surface area contributed by atoms with Crippen molar-refractivity contribution in [3.05, 3.63) is 35.9 Å². The van der Waals surface area contributed by atoms with Crippen molar-refractivity contribution in [2.24, 2.45) is 11.8 Å². The van der Waals surface area contributed by atoms with E-state index >= 15 is 0 Å². The minimum Gasteiger partial charge on any atom is -0.481 e. The maximum absolute atomic E-state index is 11.4. The van der Waals surface area contributed by atoms with Crippen LogP contribution < -0.4 is 0 Å². The van der Waals surface area contributed by atoms with E-state index in [9.17, 15) is 18.3 Å². The highest BCUT2D eigenvalue weighted by Gasteiger charge is 2.36. The van der Waals surface area contributed by atoms with E-state index in [1.165, 1.54) is 0 Å². The van der Waals surface area contributed by atoms with Gasteiger partial charge in [-0.15, -0.1) is 0 Å². The van der Waals surface area contributed by atoms with Gasteiger partial charge in [-0.05, 0) is 24.5 Å². The van der Waals surface area contributed by atoms with Gasteiger partial charge >= 0.3 is 5.97 Å². The minimum atomic E-state index is -3.06. The standard InChI is InChI=1S/C15H16O4S/c16-15(17)14(13-9-10-20(18,19)11-13)8-4-7-12-5-2-1-3-6-12/h1-3,5-6,13-14H,8-11H2,(H,16,17). The number of hydrogen-bond acceptors (Lipinski definition) is 3. The van der Waals surface area contributed by atoms with Gasteiger partial charge in [0, 0.05) is 12.0 Å². The smallest absolute Gasteiger partial charge is 0.307 e. The Morgan fingerprint density at radius 2 is 2.05 bits per heavy atom. The lowest BCUT2D eigenvalue weighted by molar-refractivity contribution is -0.143. The zero-order chi connectivity index (χ0) is 14.6. The molecular weight excluding hydrogens is 276 g/mol. The van der Waals surface area contributed by atoms with Crippen molar-refractivity contribution in [2.75, 3.05) is 11.5 Å². The average molecular weight is 292 g/mol. The molecule has 1 aromatic carbocycles. The fourth-order valence-corrected chi connectivity index (χ4v) is 4.26. The topological polar surface area (TPSA) is 71.4 Å². The van der Waals surface area contributed by atoms with Crippen LogP contribution in [0.5, 0.6) is 0 Å². The minimum absolute atomic E-state index is 0.0308. The number of carboxylic acids is 1. The molecule has 2 atom stereocenters. The molecule has 2 rings (SSSR count). The Labute approximate surface area is 118 Å². The molecule has 106 valence electrons. The van der Waals surface area contributed by atoms with Crippen LogP contribution in [0.25, 0.3) is 0 Å². The first-order valence-corrected chi connectivity index (χ1v) is 8.27. The van der Waals surface area contributed by atoms with Crippen LogP contribution in [0.4, 0.5) is 0 Å². The highest BCUT2D eigenvalue weighted by Crippen LogP contribution is 2.28. The van der Waals surface area contributed by atoms with Gasteiger partial charge in [0.15, 0.2) is 9.84 Å². The summed E-state index contributed by atoms with van der Waals surface area (Å²) in [5.74, 6) is 3.85. The monoisotopic (exact) mass is 292 g/mol. The molecule has 1 aliphatic heterocycles. The molecule has 0 aliphatic carbocycles. The van der Waals surface area contributed by atoms with Gasteiger partial charge in [0.1, 0.15) is 0 Å². The summed E-state index contributed by atoms with van der Waals surface area (Å²) in [4.78, 5) is 11.3. The third-order valence-corrected chi connectivity index (χ3v) is 5.28. The largest absolute Gasteiger partial charge is 0.481 e. The molecule has 0 radical (unpaired) electrons. The van der Waals surface area contributed by atoms with E-state index in [0.29, 0.717) is 6.42 Å². The van der Waals surface area contributed by atoms with Crippen LogP contribution in [0.2, 0.25) is 0 Å². The van der Waals surface area contributed by atoms with E-state index in [4.69, 9.17) is 0 Å². The van der Waals surface area contributed by atoms with Crippen molar-refractivity contribution >= 4 is 15.8 Å². The molecule has 1 N–H and O–H groups in total. The number of sulfone groups is 1. The van der Waals surface area contributed by atoms with E-state index < -0.39 is 21.7 Å². The highest BCUT2D eigenvalue weighted by molar-refractivity contribution is 7.91. The number of benzene rings is 1. The van der Waals surface area contributed by atoms with Gasteiger partial charge in [-0.1, -0.05) is 30.0 Å². The second-order valence-electron chi connectivity index (χ2n) is 4.98. The van der Waals surface area contributed by atoms with Crippen LogP contribution in [-0.2, 0) is 14.6 Å². The lowest BCUT2D eigenvalue weighted by Gasteiger charge is -2.14.